The minimum atomic E-state index is -1.10. The van der Waals surface area contributed by atoms with Gasteiger partial charge in [0.05, 0.1) is 16.7 Å². The van der Waals surface area contributed by atoms with E-state index >= 15 is 0 Å². The number of halogens is 1. The highest BCUT2D eigenvalue weighted by molar-refractivity contribution is 6.21. The van der Waals surface area contributed by atoms with Crippen LogP contribution in [0.4, 0.5) is 4.39 Å². The Morgan fingerprint density at radius 3 is 2.23 bits per heavy atom. The third-order valence-electron chi connectivity index (χ3n) is 3.27. The summed E-state index contributed by atoms with van der Waals surface area (Å²) in [6.07, 6.45) is 0. The minimum Gasteiger partial charge on any atom is -0.324 e. The molecule has 1 aliphatic heterocycles. The van der Waals surface area contributed by atoms with E-state index in [0.29, 0.717) is 10.6 Å². The number of hydroxylamine groups is 2. The number of aryl methyl sites for hydroxylation is 1. The lowest BCUT2D eigenvalue weighted by atomic mass is 10.1. The second kappa shape index (κ2) is 5.07. The molecule has 5 nitrogen and oxygen atoms in total. The summed E-state index contributed by atoms with van der Waals surface area (Å²) in [5.41, 5.74) is 0.599. The number of imide groups is 1. The van der Waals surface area contributed by atoms with E-state index in [4.69, 9.17) is 4.84 Å². The molecule has 0 saturated heterocycles. The quantitative estimate of drug-likeness (QED) is 0.799. The van der Waals surface area contributed by atoms with Crippen LogP contribution in [-0.4, -0.2) is 22.8 Å². The maximum atomic E-state index is 13.7. The van der Waals surface area contributed by atoms with Gasteiger partial charge in [0.25, 0.3) is 11.8 Å². The molecular formula is C16H10FNO4. The Morgan fingerprint density at radius 2 is 1.64 bits per heavy atom. The Bertz CT molecular complexity index is 781. The Morgan fingerprint density at radius 1 is 1.05 bits per heavy atom. The van der Waals surface area contributed by atoms with Crippen molar-refractivity contribution in [2.75, 3.05) is 0 Å². The van der Waals surface area contributed by atoms with Crippen LogP contribution in [0.25, 0.3) is 0 Å². The van der Waals surface area contributed by atoms with Crippen LogP contribution in [0.2, 0.25) is 0 Å². The number of fused-ring (bicyclic) bond motifs is 1. The SMILES string of the molecule is Cc1ccc(F)c(C(=O)ON2C(=O)c3ccccc3C2=O)c1. The predicted octanol–water partition coefficient (Wildman–Crippen LogP) is 2.50. The number of hydrogen-bond donors (Lipinski definition) is 0. The van der Waals surface area contributed by atoms with Gasteiger partial charge in [0, 0.05) is 0 Å². The Kier molecular flexibility index (Phi) is 3.21. The largest absolute Gasteiger partial charge is 0.366 e. The monoisotopic (exact) mass is 299 g/mol. The van der Waals surface area contributed by atoms with Gasteiger partial charge in [-0.2, -0.15) is 0 Å². The second-order valence-electron chi connectivity index (χ2n) is 4.81. The fourth-order valence-corrected chi connectivity index (χ4v) is 2.18. The molecule has 110 valence electrons. The summed E-state index contributed by atoms with van der Waals surface area (Å²) in [5, 5.41) is 0.356. The van der Waals surface area contributed by atoms with Crippen LogP contribution in [0.15, 0.2) is 42.5 Å². The van der Waals surface area contributed by atoms with Gasteiger partial charge in [-0.05, 0) is 31.2 Å². The molecule has 0 fully saturated rings. The van der Waals surface area contributed by atoms with Gasteiger partial charge >= 0.3 is 5.97 Å². The zero-order valence-electron chi connectivity index (χ0n) is 11.5. The van der Waals surface area contributed by atoms with Crippen molar-refractivity contribution in [1.82, 2.24) is 5.06 Å². The highest BCUT2D eigenvalue weighted by Gasteiger charge is 2.39. The van der Waals surface area contributed by atoms with Crippen molar-refractivity contribution in [3.8, 4) is 0 Å². The minimum absolute atomic E-state index is 0.144. The number of hydrogen-bond acceptors (Lipinski definition) is 4. The molecule has 2 amide bonds. The van der Waals surface area contributed by atoms with Crippen molar-refractivity contribution in [1.29, 1.82) is 0 Å². The molecule has 3 rings (SSSR count). The second-order valence-corrected chi connectivity index (χ2v) is 4.81. The van der Waals surface area contributed by atoms with Gasteiger partial charge in [-0.1, -0.05) is 28.8 Å². The molecule has 0 radical (unpaired) electrons. The average molecular weight is 299 g/mol. The molecule has 6 heteroatoms. The molecule has 1 aliphatic rings. The third-order valence-corrected chi connectivity index (χ3v) is 3.27. The molecule has 22 heavy (non-hydrogen) atoms. The van der Waals surface area contributed by atoms with Crippen LogP contribution in [0.5, 0.6) is 0 Å². The lowest BCUT2D eigenvalue weighted by Crippen LogP contribution is -2.33. The standard InChI is InChI=1S/C16H10FNO4/c1-9-6-7-13(17)12(8-9)16(21)22-18-14(19)10-4-2-3-5-11(10)15(18)20/h2-8H,1H3. The number of amides is 2. The van der Waals surface area contributed by atoms with Gasteiger partial charge in [0.1, 0.15) is 5.82 Å². The highest BCUT2D eigenvalue weighted by Crippen LogP contribution is 2.23. The molecule has 0 unspecified atom stereocenters. The molecule has 0 spiro atoms. The molecule has 0 saturated carbocycles. The number of carbonyl (C=O) groups excluding carboxylic acids is 3. The zero-order valence-corrected chi connectivity index (χ0v) is 11.5. The van der Waals surface area contributed by atoms with Gasteiger partial charge in [-0.15, -0.1) is 0 Å². The molecule has 1 heterocycles. The molecule has 0 aliphatic carbocycles. The van der Waals surface area contributed by atoms with E-state index in [0.717, 1.165) is 6.07 Å². The number of rotatable bonds is 2. The maximum Gasteiger partial charge on any atom is 0.366 e. The fourth-order valence-electron chi connectivity index (χ4n) is 2.18. The third kappa shape index (κ3) is 2.14. The van der Waals surface area contributed by atoms with E-state index in [2.05, 4.69) is 0 Å². The van der Waals surface area contributed by atoms with Crippen molar-refractivity contribution < 1.29 is 23.6 Å². The van der Waals surface area contributed by atoms with Crippen molar-refractivity contribution in [2.24, 2.45) is 0 Å². The van der Waals surface area contributed by atoms with Crippen LogP contribution in [0.3, 0.4) is 0 Å². The smallest absolute Gasteiger partial charge is 0.324 e. The summed E-state index contributed by atoms with van der Waals surface area (Å²) in [5.74, 6) is -3.38. The van der Waals surface area contributed by atoms with Gasteiger partial charge in [0.15, 0.2) is 0 Å². The van der Waals surface area contributed by atoms with Gasteiger partial charge in [-0.25, -0.2) is 9.18 Å². The van der Waals surface area contributed by atoms with Crippen LogP contribution in [0, 0.1) is 12.7 Å². The number of carbonyl (C=O) groups is 3. The average Bonchev–Trinajstić information content (AvgIpc) is 2.75. The summed E-state index contributed by atoms with van der Waals surface area (Å²) in [6, 6.07) is 10.00. The van der Waals surface area contributed by atoms with Gasteiger partial charge in [-0.3, -0.25) is 9.59 Å². The molecular weight excluding hydrogens is 289 g/mol. The lowest BCUT2D eigenvalue weighted by Gasteiger charge is -2.13. The highest BCUT2D eigenvalue weighted by atomic mass is 19.1. The van der Waals surface area contributed by atoms with Crippen molar-refractivity contribution in [2.45, 2.75) is 6.92 Å². The summed E-state index contributed by atoms with van der Waals surface area (Å²) >= 11 is 0. The first-order chi connectivity index (χ1) is 10.5. The summed E-state index contributed by atoms with van der Waals surface area (Å²) in [6.45, 7) is 1.68. The zero-order chi connectivity index (χ0) is 15.9. The summed E-state index contributed by atoms with van der Waals surface area (Å²) in [7, 11) is 0. The molecule has 0 N–H and O–H groups in total. The Hall–Kier alpha value is -3.02. The van der Waals surface area contributed by atoms with E-state index < -0.39 is 23.6 Å². The first-order valence-corrected chi connectivity index (χ1v) is 6.45. The fraction of sp³-hybridized carbons (Fsp3) is 0.0625. The van der Waals surface area contributed by atoms with Crippen molar-refractivity contribution >= 4 is 17.8 Å². The molecule has 0 bridgehead atoms. The molecule has 2 aromatic rings. The molecule has 0 atom stereocenters. The summed E-state index contributed by atoms with van der Waals surface area (Å²) < 4.78 is 13.7. The van der Waals surface area contributed by atoms with E-state index in [1.807, 2.05) is 0 Å². The van der Waals surface area contributed by atoms with E-state index in [9.17, 15) is 18.8 Å². The lowest BCUT2D eigenvalue weighted by molar-refractivity contribution is -0.0587. The first-order valence-electron chi connectivity index (χ1n) is 6.45. The predicted molar refractivity (Wildman–Crippen MR) is 73.5 cm³/mol. The van der Waals surface area contributed by atoms with Crippen LogP contribution in [0.1, 0.15) is 36.6 Å². The van der Waals surface area contributed by atoms with Crippen molar-refractivity contribution in [3.63, 3.8) is 0 Å². The first kappa shape index (κ1) is 13.9. The van der Waals surface area contributed by atoms with Crippen molar-refractivity contribution in [3.05, 3.63) is 70.5 Å². The normalized spacial score (nSPS) is 13.3. The number of nitrogens with zero attached hydrogens (tertiary/aromatic N) is 1. The summed E-state index contributed by atoms with van der Waals surface area (Å²) in [4.78, 5) is 40.9. The van der Waals surface area contributed by atoms with Crippen LogP contribution in [-0.2, 0) is 4.84 Å². The Labute approximate surface area is 124 Å². The maximum absolute atomic E-state index is 13.7. The van der Waals surface area contributed by atoms with Crippen LogP contribution >= 0.6 is 0 Å². The van der Waals surface area contributed by atoms with Gasteiger partial charge in [0.2, 0.25) is 0 Å². The molecule has 0 aromatic heterocycles. The van der Waals surface area contributed by atoms with Gasteiger partial charge < -0.3 is 4.84 Å². The topological polar surface area (TPSA) is 63.7 Å². The van der Waals surface area contributed by atoms with E-state index in [1.54, 1.807) is 19.1 Å². The van der Waals surface area contributed by atoms with E-state index in [-0.39, 0.29) is 16.7 Å². The van der Waals surface area contributed by atoms with E-state index in [1.165, 1.54) is 24.3 Å². The van der Waals surface area contributed by atoms with Crippen LogP contribution < -0.4 is 0 Å². The Balaban J connectivity index is 1.89. The molecule has 2 aromatic carbocycles. The number of benzene rings is 2.